The van der Waals surface area contributed by atoms with Gasteiger partial charge in [0.15, 0.2) is 5.78 Å². The minimum absolute atomic E-state index is 0. The number of aliphatic hydroxyl groups is 1. The van der Waals surface area contributed by atoms with Crippen LogP contribution in [0.4, 0.5) is 0 Å². The van der Waals surface area contributed by atoms with E-state index < -0.39 is 0 Å². The van der Waals surface area contributed by atoms with Gasteiger partial charge in [0, 0.05) is 54.3 Å². The first kappa shape index (κ1) is 43.2. The summed E-state index contributed by atoms with van der Waals surface area (Å²) in [6.45, 7) is 28.0. The van der Waals surface area contributed by atoms with Crippen molar-refractivity contribution < 1.29 is 34.7 Å². The third-order valence-corrected chi connectivity index (χ3v) is 11.6. The van der Waals surface area contributed by atoms with Crippen LogP contribution in [0.1, 0.15) is 125 Å². The van der Waals surface area contributed by atoms with Gasteiger partial charge >= 0.3 is 0 Å². The number of carbonyl (C=O) groups excluding carboxylic acids is 1. The maximum atomic E-state index is 12.2. The molecule has 0 saturated carbocycles. The normalized spacial score (nSPS) is 13.2. The number of rotatable bonds is 9. The predicted octanol–water partition coefficient (Wildman–Crippen LogP) is 14.2. The third kappa shape index (κ3) is 8.95. The van der Waals surface area contributed by atoms with E-state index in [4.69, 9.17) is 9.72 Å². The van der Waals surface area contributed by atoms with Crippen molar-refractivity contribution in [1.29, 1.82) is 0 Å². The fourth-order valence-corrected chi connectivity index (χ4v) is 7.37. The number of ether oxygens (including phenoxy) is 1. The summed E-state index contributed by atoms with van der Waals surface area (Å²) in [5.41, 5.74) is 5.55. The van der Waals surface area contributed by atoms with Crippen LogP contribution >= 0.6 is 0 Å². The first-order valence-corrected chi connectivity index (χ1v) is 19.7. The standard InChI is InChI=1S/C34H34NO.C15H28O2.Ir/c1-20-8-11-24-23(14-20)16-27-31-30-25(12-13-35-31)26-15-21(18-33(2,3)4)9-10-22(26)17-29(30)36-32(27)28(24)19-34(5,6)7;1-7-14(5,8-2)12(16)11-13(17)15(6,9-3)10-4;/h8-15,17H,18-19H2,1-7H3;11,16H,7-10H2,1-6H3;/q-1;;/b;12-11-;. The molecule has 0 spiro atoms. The van der Waals surface area contributed by atoms with Crippen molar-refractivity contribution in [3.63, 3.8) is 0 Å². The first-order chi connectivity index (χ1) is 24.8. The Kier molecular flexibility index (Phi) is 13.0. The number of hydrogen-bond acceptors (Lipinski definition) is 4. The second-order valence-corrected chi connectivity index (χ2v) is 18.4. The van der Waals surface area contributed by atoms with E-state index in [0.717, 1.165) is 72.1 Å². The van der Waals surface area contributed by atoms with E-state index in [-0.39, 0.29) is 53.3 Å². The molecule has 291 valence electrons. The van der Waals surface area contributed by atoms with Crippen molar-refractivity contribution in [1.82, 2.24) is 4.98 Å². The van der Waals surface area contributed by atoms with Gasteiger partial charge in [0.05, 0.1) is 5.75 Å². The molecule has 1 aliphatic heterocycles. The van der Waals surface area contributed by atoms with Gasteiger partial charge in [-0.05, 0) is 90.1 Å². The number of pyridine rings is 1. The molecular formula is C49H62IrNO3-. The number of aliphatic hydroxyl groups excluding tert-OH is 1. The number of aromatic nitrogens is 1. The summed E-state index contributed by atoms with van der Waals surface area (Å²) in [5, 5.41) is 17.2. The average Bonchev–Trinajstić information content (AvgIpc) is 3.10. The zero-order valence-electron chi connectivity index (χ0n) is 35.1. The molecule has 2 heterocycles. The Balaban J connectivity index is 0.000000309. The summed E-state index contributed by atoms with van der Waals surface area (Å²) in [6, 6.07) is 21.6. The van der Waals surface area contributed by atoms with E-state index in [2.05, 4.69) is 103 Å². The van der Waals surface area contributed by atoms with Gasteiger partial charge in [-0.3, -0.25) is 9.78 Å². The Morgan fingerprint density at radius 1 is 0.778 bits per heavy atom. The summed E-state index contributed by atoms with van der Waals surface area (Å²) >= 11 is 0. The Labute approximate surface area is 338 Å². The molecule has 0 saturated heterocycles. The number of aryl methyl sites for hydroxylation is 1. The maximum Gasteiger partial charge on any atom is 0.164 e. The number of ketones is 1. The van der Waals surface area contributed by atoms with Crippen LogP contribution in [0.5, 0.6) is 11.5 Å². The van der Waals surface area contributed by atoms with E-state index in [0.29, 0.717) is 0 Å². The molecule has 1 N–H and O–H groups in total. The Bertz CT molecular complexity index is 2190. The van der Waals surface area contributed by atoms with Crippen LogP contribution in [0, 0.1) is 34.7 Å². The van der Waals surface area contributed by atoms with Crippen LogP contribution < -0.4 is 4.74 Å². The minimum atomic E-state index is -0.337. The number of carbonyl (C=O) groups is 1. The zero-order chi connectivity index (χ0) is 39.1. The molecule has 0 unspecified atom stereocenters. The van der Waals surface area contributed by atoms with E-state index in [1.807, 2.05) is 47.7 Å². The van der Waals surface area contributed by atoms with Crippen molar-refractivity contribution in [2.75, 3.05) is 0 Å². The summed E-state index contributed by atoms with van der Waals surface area (Å²) in [7, 11) is 0. The smallest absolute Gasteiger partial charge is 0.164 e. The van der Waals surface area contributed by atoms with Gasteiger partial charge in [0.2, 0.25) is 0 Å². The molecule has 4 nitrogen and oxygen atoms in total. The van der Waals surface area contributed by atoms with Crippen molar-refractivity contribution in [3.8, 4) is 22.8 Å². The van der Waals surface area contributed by atoms with Gasteiger partial charge in [0.25, 0.3) is 0 Å². The molecule has 1 aromatic heterocycles. The van der Waals surface area contributed by atoms with E-state index >= 15 is 0 Å². The number of benzene rings is 4. The molecule has 0 amide bonds. The fourth-order valence-electron chi connectivity index (χ4n) is 7.37. The quantitative estimate of drug-likeness (QED) is 0.0680. The average molecular weight is 905 g/mol. The van der Waals surface area contributed by atoms with Crippen LogP contribution in [-0.2, 0) is 37.7 Å². The summed E-state index contributed by atoms with van der Waals surface area (Å²) < 4.78 is 6.81. The molecule has 0 atom stereocenters. The molecule has 54 heavy (non-hydrogen) atoms. The second-order valence-electron chi connectivity index (χ2n) is 18.4. The summed E-state index contributed by atoms with van der Waals surface area (Å²) in [5.74, 6) is 2.10. The molecular weight excluding hydrogens is 843 g/mol. The second kappa shape index (κ2) is 16.3. The number of fused-ring (bicyclic) bond motifs is 5. The topological polar surface area (TPSA) is 59.4 Å². The monoisotopic (exact) mass is 905 g/mol. The summed E-state index contributed by atoms with van der Waals surface area (Å²) in [4.78, 5) is 17.1. The molecule has 1 radical (unpaired) electrons. The van der Waals surface area contributed by atoms with Gasteiger partial charge in [-0.15, -0.1) is 17.5 Å². The van der Waals surface area contributed by atoms with Crippen molar-refractivity contribution in [2.24, 2.45) is 21.7 Å². The van der Waals surface area contributed by atoms with Crippen LogP contribution in [0.25, 0.3) is 43.6 Å². The molecule has 4 aromatic carbocycles. The fraction of sp³-hybridized carbons (Fsp3) is 0.469. The molecule has 5 heteroatoms. The SMILES string of the molecule is CCC(C)(CC)C(=O)/C=C(\O)C(C)(CC)CC.Cc1ccc2c(CC(C)(C)C)c3c([c-]c2c1)-c1nccc2c1c(cc1ccc(CC(C)(C)C)cc12)O3.[Ir]. The van der Waals surface area contributed by atoms with Gasteiger partial charge in [-0.2, -0.15) is 0 Å². The third-order valence-electron chi connectivity index (χ3n) is 11.6. The van der Waals surface area contributed by atoms with Crippen LogP contribution in [0.3, 0.4) is 0 Å². The Morgan fingerprint density at radius 2 is 1.41 bits per heavy atom. The summed E-state index contributed by atoms with van der Waals surface area (Å²) in [6.07, 6.45) is 8.66. The Hall–Kier alpha value is -3.53. The minimum Gasteiger partial charge on any atom is -0.512 e. The van der Waals surface area contributed by atoms with Gasteiger partial charge < -0.3 is 9.84 Å². The van der Waals surface area contributed by atoms with E-state index in [1.54, 1.807) is 0 Å². The number of allylic oxidation sites excluding steroid dienone is 2. The van der Waals surface area contributed by atoms with Crippen molar-refractivity contribution >= 4 is 38.1 Å². The van der Waals surface area contributed by atoms with Gasteiger partial charge in [-0.1, -0.05) is 135 Å². The van der Waals surface area contributed by atoms with E-state index in [9.17, 15) is 9.90 Å². The van der Waals surface area contributed by atoms with Crippen molar-refractivity contribution in [2.45, 2.75) is 129 Å². The van der Waals surface area contributed by atoms with E-state index in [1.165, 1.54) is 44.3 Å². The molecule has 5 aromatic rings. The van der Waals surface area contributed by atoms with Crippen LogP contribution in [0.2, 0.25) is 0 Å². The molecule has 0 fully saturated rings. The van der Waals surface area contributed by atoms with Crippen LogP contribution in [-0.4, -0.2) is 15.9 Å². The van der Waals surface area contributed by atoms with Crippen LogP contribution in [0.15, 0.2) is 66.6 Å². The van der Waals surface area contributed by atoms with Gasteiger partial charge in [0.1, 0.15) is 11.5 Å². The largest absolute Gasteiger partial charge is 0.512 e. The molecule has 6 rings (SSSR count). The first-order valence-electron chi connectivity index (χ1n) is 19.7. The maximum absolute atomic E-state index is 12.2. The van der Waals surface area contributed by atoms with Crippen molar-refractivity contribution in [3.05, 3.63) is 89.3 Å². The zero-order valence-corrected chi connectivity index (χ0v) is 37.5. The molecule has 1 aliphatic rings. The Morgan fingerprint density at radius 3 is 2.00 bits per heavy atom. The molecule has 0 aliphatic carbocycles. The van der Waals surface area contributed by atoms with Gasteiger partial charge in [-0.25, -0.2) is 0 Å². The number of hydrogen-bond donors (Lipinski definition) is 1. The molecule has 0 bridgehead atoms. The number of nitrogens with zero attached hydrogens (tertiary/aromatic N) is 1. The predicted molar refractivity (Wildman–Crippen MR) is 225 cm³/mol.